The molecule has 1 aliphatic rings. The Balaban J connectivity index is 1.33. The van der Waals surface area contributed by atoms with Gasteiger partial charge >= 0.3 is 0 Å². The van der Waals surface area contributed by atoms with Crippen LogP contribution < -0.4 is 10.2 Å². The van der Waals surface area contributed by atoms with E-state index in [0.29, 0.717) is 28.6 Å². The van der Waals surface area contributed by atoms with E-state index in [4.69, 9.17) is 16.7 Å². The highest BCUT2D eigenvalue weighted by molar-refractivity contribution is 6.30. The molecule has 1 N–H and O–H groups in total. The van der Waals surface area contributed by atoms with Gasteiger partial charge < -0.3 is 10.2 Å². The van der Waals surface area contributed by atoms with Gasteiger partial charge in [-0.25, -0.2) is 0 Å². The van der Waals surface area contributed by atoms with Crippen LogP contribution in [0.5, 0.6) is 0 Å². The normalized spacial score (nSPS) is 16.2. The molecule has 0 bridgehead atoms. The summed E-state index contributed by atoms with van der Waals surface area (Å²) >= 11 is 5.90. The topological polar surface area (TPSA) is 75.4 Å². The van der Waals surface area contributed by atoms with Gasteiger partial charge in [0.25, 0.3) is 5.91 Å². The molecule has 1 unspecified atom stereocenters. The summed E-state index contributed by atoms with van der Waals surface area (Å²) in [5.74, 6) is 1.45. The third-order valence-corrected chi connectivity index (χ3v) is 5.49. The van der Waals surface area contributed by atoms with Crippen LogP contribution in [0.25, 0.3) is 17.0 Å². The first kappa shape index (κ1) is 18.6. The Morgan fingerprint density at radius 1 is 1.00 bits per heavy atom. The fourth-order valence-corrected chi connectivity index (χ4v) is 3.80. The second-order valence-corrected chi connectivity index (χ2v) is 7.70. The molecule has 0 radical (unpaired) electrons. The molecule has 0 spiro atoms. The third kappa shape index (κ3) is 3.59. The molecule has 3 heterocycles. The van der Waals surface area contributed by atoms with Crippen LogP contribution in [0.4, 0.5) is 5.82 Å². The van der Waals surface area contributed by atoms with Crippen LogP contribution >= 0.6 is 11.6 Å². The van der Waals surface area contributed by atoms with Crippen LogP contribution in [0, 0.1) is 0 Å². The Labute approximate surface area is 178 Å². The van der Waals surface area contributed by atoms with Crippen molar-refractivity contribution in [3.63, 3.8) is 0 Å². The van der Waals surface area contributed by atoms with Crippen molar-refractivity contribution in [3.8, 4) is 11.4 Å². The lowest BCUT2D eigenvalue weighted by atomic mass is 10.2. The Hall–Kier alpha value is -3.45. The molecule has 1 amide bonds. The van der Waals surface area contributed by atoms with Gasteiger partial charge in [0.2, 0.25) is 0 Å². The van der Waals surface area contributed by atoms with E-state index in [1.54, 1.807) is 28.8 Å². The summed E-state index contributed by atoms with van der Waals surface area (Å²) in [6.45, 7) is 1.51. The number of anilines is 1. The lowest BCUT2D eigenvalue weighted by Crippen LogP contribution is -2.37. The molecule has 30 heavy (non-hydrogen) atoms. The van der Waals surface area contributed by atoms with Crippen LogP contribution in [0.15, 0.2) is 66.7 Å². The Morgan fingerprint density at radius 3 is 2.60 bits per heavy atom. The molecule has 5 rings (SSSR count). The van der Waals surface area contributed by atoms with E-state index in [1.807, 2.05) is 42.5 Å². The zero-order chi connectivity index (χ0) is 20.5. The second kappa shape index (κ2) is 7.76. The minimum absolute atomic E-state index is 0.0557. The van der Waals surface area contributed by atoms with Crippen molar-refractivity contribution in [2.24, 2.45) is 0 Å². The standard InChI is InChI=1S/C22H19ClN6O/c23-17-8-6-16(7-9-17)22(30)24-18-12-13-28(14-18)20-11-10-19-25-26-21(29(19)27-20)15-4-2-1-3-5-15/h1-11,18H,12-14H2,(H,24,30). The van der Waals surface area contributed by atoms with E-state index in [9.17, 15) is 4.79 Å². The Kier molecular flexibility index (Phi) is 4.80. The lowest BCUT2D eigenvalue weighted by molar-refractivity contribution is 0.0940. The van der Waals surface area contributed by atoms with Crippen molar-refractivity contribution in [3.05, 3.63) is 77.3 Å². The van der Waals surface area contributed by atoms with Gasteiger partial charge in [-0.2, -0.15) is 4.52 Å². The van der Waals surface area contributed by atoms with Crippen molar-refractivity contribution in [2.75, 3.05) is 18.0 Å². The molecule has 1 fully saturated rings. The van der Waals surface area contributed by atoms with E-state index in [0.717, 1.165) is 24.3 Å². The van der Waals surface area contributed by atoms with Gasteiger partial charge in [0, 0.05) is 35.3 Å². The smallest absolute Gasteiger partial charge is 0.251 e. The fourth-order valence-electron chi connectivity index (χ4n) is 3.67. The van der Waals surface area contributed by atoms with Gasteiger partial charge in [0.1, 0.15) is 5.82 Å². The summed E-state index contributed by atoms with van der Waals surface area (Å²) in [6.07, 6.45) is 0.854. The molecule has 4 aromatic rings. The molecule has 0 aliphatic carbocycles. The molecular weight excluding hydrogens is 400 g/mol. The number of amides is 1. The van der Waals surface area contributed by atoms with Gasteiger partial charge in [-0.05, 0) is 42.8 Å². The maximum Gasteiger partial charge on any atom is 0.251 e. The highest BCUT2D eigenvalue weighted by Gasteiger charge is 2.26. The average Bonchev–Trinajstić information content (AvgIpc) is 3.41. The molecule has 8 heteroatoms. The molecule has 1 atom stereocenters. The molecular formula is C22H19ClN6O. The summed E-state index contributed by atoms with van der Waals surface area (Å²) in [5.41, 5.74) is 2.27. The van der Waals surface area contributed by atoms with Crippen molar-refractivity contribution in [2.45, 2.75) is 12.5 Å². The Morgan fingerprint density at radius 2 is 1.80 bits per heavy atom. The fraction of sp³-hybridized carbons (Fsp3) is 0.182. The van der Waals surface area contributed by atoms with E-state index in [-0.39, 0.29) is 11.9 Å². The van der Waals surface area contributed by atoms with Gasteiger partial charge in [-0.1, -0.05) is 41.9 Å². The van der Waals surface area contributed by atoms with Crippen LogP contribution in [-0.4, -0.2) is 44.8 Å². The van der Waals surface area contributed by atoms with Crippen LogP contribution in [0.3, 0.4) is 0 Å². The summed E-state index contributed by atoms with van der Waals surface area (Å²) < 4.78 is 1.77. The quantitative estimate of drug-likeness (QED) is 0.549. The number of nitrogens with one attached hydrogen (secondary N) is 1. The van der Waals surface area contributed by atoms with Crippen LogP contribution in [0.2, 0.25) is 5.02 Å². The molecule has 0 saturated carbocycles. The number of fused-ring (bicyclic) bond motifs is 1. The summed E-state index contributed by atoms with van der Waals surface area (Å²) in [5, 5.41) is 17.0. The molecule has 7 nitrogen and oxygen atoms in total. The zero-order valence-electron chi connectivity index (χ0n) is 16.1. The number of hydrogen-bond acceptors (Lipinski definition) is 5. The highest BCUT2D eigenvalue weighted by Crippen LogP contribution is 2.22. The number of halogens is 1. The van der Waals surface area contributed by atoms with Crippen LogP contribution in [-0.2, 0) is 0 Å². The van der Waals surface area contributed by atoms with Gasteiger partial charge in [-0.3, -0.25) is 4.79 Å². The number of carbonyl (C=O) groups excluding carboxylic acids is 1. The maximum absolute atomic E-state index is 12.5. The van der Waals surface area contributed by atoms with E-state index >= 15 is 0 Å². The van der Waals surface area contributed by atoms with Crippen molar-refractivity contribution < 1.29 is 4.79 Å². The summed E-state index contributed by atoms with van der Waals surface area (Å²) in [4.78, 5) is 14.7. The minimum atomic E-state index is -0.0906. The monoisotopic (exact) mass is 418 g/mol. The number of aromatic nitrogens is 4. The predicted molar refractivity (Wildman–Crippen MR) is 116 cm³/mol. The number of carbonyl (C=O) groups is 1. The third-order valence-electron chi connectivity index (χ3n) is 5.23. The van der Waals surface area contributed by atoms with Crippen LogP contribution in [0.1, 0.15) is 16.8 Å². The van der Waals surface area contributed by atoms with E-state index in [1.165, 1.54) is 0 Å². The number of hydrogen-bond donors (Lipinski definition) is 1. The average molecular weight is 419 g/mol. The number of benzene rings is 2. The summed E-state index contributed by atoms with van der Waals surface area (Å²) in [6, 6.07) is 20.7. The van der Waals surface area contributed by atoms with E-state index in [2.05, 4.69) is 20.4 Å². The lowest BCUT2D eigenvalue weighted by Gasteiger charge is -2.18. The second-order valence-electron chi connectivity index (χ2n) is 7.26. The number of nitrogens with zero attached hydrogens (tertiary/aromatic N) is 5. The highest BCUT2D eigenvalue weighted by atomic mass is 35.5. The van der Waals surface area contributed by atoms with Crippen molar-refractivity contribution >= 4 is 29.0 Å². The molecule has 2 aromatic heterocycles. The molecule has 150 valence electrons. The number of rotatable bonds is 4. The molecule has 1 saturated heterocycles. The zero-order valence-corrected chi connectivity index (χ0v) is 16.8. The molecule has 2 aromatic carbocycles. The maximum atomic E-state index is 12.5. The minimum Gasteiger partial charge on any atom is -0.353 e. The largest absolute Gasteiger partial charge is 0.353 e. The van der Waals surface area contributed by atoms with Gasteiger partial charge in [0.05, 0.1) is 0 Å². The molecule has 1 aliphatic heterocycles. The SMILES string of the molecule is O=C(NC1CCN(c2ccc3nnc(-c4ccccc4)n3n2)C1)c1ccc(Cl)cc1. The van der Waals surface area contributed by atoms with Gasteiger partial charge in [0.15, 0.2) is 11.5 Å². The van der Waals surface area contributed by atoms with Crippen molar-refractivity contribution in [1.82, 2.24) is 25.1 Å². The first-order valence-corrected chi connectivity index (χ1v) is 10.1. The summed E-state index contributed by atoms with van der Waals surface area (Å²) in [7, 11) is 0. The van der Waals surface area contributed by atoms with Gasteiger partial charge in [-0.15, -0.1) is 15.3 Å². The van der Waals surface area contributed by atoms with E-state index < -0.39 is 0 Å². The Bertz CT molecular complexity index is 1190. The predicted octanol–water partition coefficient (Wildman–Crippen LogP) is 3.45. The van der Waals surface area contributed by atoms with Crippen molar-refractivity contribution in [1.29, 1.82) is 0 Å². The first-order valence-electron chi connectivity index (χ1n) is 9.77. The first-order chi connectivity index (χ1) is 14.7.